The maximum Gasteiger partial charge on any atom is 0.573 e. The summed E-state index contributed by atoms with van der Waals surface area (Å²) in [5.41, 5.74) is -0.176. The molecule has 138 valence electrons. The van der Waals surface area contributed by atoms with Gasteiger partial charge in [-0.2, -0.15) is 0 Å². The van der Waals surface area contributed by atoms with E-state index in [1.165, 1.54) is 24.3 Å². The number of nitrogens with one attached hydrogen (secondary N) is 1. The van der Waals surface area contributed by atoms with Gasteiger partial charge in [0.2, 0.25) is 0 Å². The summed E-state index contributed by atoms with van der Waals surface area (Å²) in [7, 11) is 0. The zero-order chi connectivity index (χ0) is 19.3. The Balaban J connectivity index is 2.14. The molecule has 0 aliphatic carbocycles. The van der Waals surface area contributed by atoms with Crippen LogP contribution in [0.3, 0.4) is 0 Å². The van der Waals surface area contributed by atoms with Crippen LogP contribution >= 0.6 is 0 Å². The van der Waals surface area contributed by atoms with Gasteiger partial charge in [0.1, 0.15) is 5.75 Å². The molecule has 2 aromatic carbocycles. The van der Waals surface area contributed by atoms with E-state index in [0.717, 1.165) is 18.2 Å². The summed E-state index contributed by atoms with van der Waals surface area (Å²) >= 11 is 0. The van der Waals surface area contributed by atoms with Crippen LogP contribution < -0.4 is 14.8 Å². The van der Waals surface area contributed by atoms with E-state index in [1.54, 1.807) is 6.92 Å². The molecule has 0 aliphatic heterocycles. The molecular weight excluding hydrogens is 357 g/mol. The molecule has 1 N–H and O–H groups in total. The van der Waals surface area contributed by atoms with Crippen LogP contribution in [0, 0.1) is 10.1 Å². The molecule has 0 atom stereocenters. The zero-order valence-electron chi connectivity index (χ0n) is 13.4. The standard InChI is InChI=1S/C16H13F3N2O5/c1-2-25-14-8-3-10(9-13(14)21(23)24)15(22)20-11-4-6-12(7-5-11)26-16(17,18)19/h3-9H,2H2,1H3,(H,20,22). The number of hydrogen-bond acceptors (Lipinski definition) is 5. The fraction of sp³-hybridized carbons (Fsp3) is 0.188. The predicted molar refractivity (Wildman–Crippen MR) is 85.3 cm³/mol. The number of halogens is 3. The van der Waals surface area contributed by atoms with Crippen LogP contribution in [0.15, 0.2) is 42.5 Å². The number of alkyl halides is 3. The molecule has 0 aromatic heterocycles. The summed E-state index contributed by atoms with van der Waals surface area (Å²) in [4.78, 5) is 22.6. The molecule has 26 heavy (non-hydrogen) atoms. The van der Waals surface area contributed by atoms with Crippen LogP contribution in [-0.2, 0) is 0 Å². The Bertz CT molecular complexity index is 807. The minimum atomic E-state index is -4.81. The molecule has 0 aliphatic rings. The van der Waals surface area contributed by atoms with Gasteiger partial charge in [0.15, 0.2) is 5.75 Å². The lowest BCUT2D eigenvalue weighted by Crippen LogP contribution is -2.17. The molecule has 0 fully saturated rings. The number of nitro groups is 1. The molecule has 0 saturated carbocycles. The summed E-state index contributed by atoms with van der Waals surface area (Å²) in [6.07, 6.45) is -4.81. The Morgan fingerprint density at radius 2 is 1.85 bits per heavy atom. The Labute approximate surface area is 145 Å². The molecule has 2 aromatic rings. The Morgan fingerprint density at radius 3 is 2.38 bits per heavy atom. The minimum Gasteiger partial charge on any atom is -0.487 e. The number of carbonyl (C=O) groups is 1. The summed E-state index contributed by atoms with van der Waals surface area (Å²) in [5, 5.41) is 13.5. The van der Waals surface area contributed by atoms with E-state index in [4.69, 9.17) is 4.74 Å². The first-order valence-corrected chi connectivity index (χ1v) is 7.28. The molecule has 2 rings (SSSR count). The normalized spacial score (nSPS) is 10.9. The monoisotopic (exact) mass is 370 g/mol. The van der Waals surface area contributed by atoms with E-state index in [0.29, 0.717) is 0 Å². The summed E-state index contributed by atoms with van der Waals surface area (Å²) in [6.45, 7) is 1.88. The van der Waals surface area contributed by atoms with E-state index in [9.17, 15) is 28.1 Å². The second-order valence-electron chi connectivity index (χ2n) is 4.90. The highest BCUT2D eigenvalue weighted by molar-refractivity contribution is 6.04. The quantitative estimate of drug-likeness (QED) is 0.609. The molecule has 0 unspecified atom stereocenters. The van der Waals surface area contributed by atoms with Crippen LogP contribution in [0.5, 0.6) is 11.5 Å². The molecule has 1 amide bonds. The van der Waals surface area contributed by atoms with Gasteiger partial charge in [-0.15, -0.1) is 13.2 Å². The molecule has 7 nitrogen and oxygen atoms in total. The minimum absolute atomic E-state index is 0.00392. The highest BCUT2D eigenvalue weighted by Crippen LogP contribution is 2.29. The van der Waals surface area contributed by atoms with Gasteiger partial charge in [-0.3, -0.25) is 14.9 Å². The van der Waals surface area contributed by atoms with Crippen LogP contribution in [0.2, 0.25) is 0 Å². The lowest BCUT2D eigenvalue weighted by molar-refractivity contribution is -0.385. The third kappa shape index (κ3) is 5.10. The number of nitrogens with zero attached hydrogens (tertiary/aromatic N) is 1. The number of nitro benzene ring substituents is 1. The number of hydrogen-bond donors (Lipinski definition) is 1. The fourth-order valence-corrected chi connectivity index (χ4v) is 2.02. The van der Waals surface area contributed by atoms with Crippen molar-refractivity contribution in [3.05, 3.63) is 58.1 Å². The maximum atomic E-state index is 12.2. The summed E-state index contributed by atoms with van der Waals surface area (Å²) in [5.74, 6) is -1.07. The predicted octanol–water partition coefficient (Wildman–Crippen LogP) is 4.14. The van der Waals surface area contributed by atoms with Crippen LogP contribution in [0.25, 0.3) is 0 Å². The number of ether oxygens (including phenoxy) is 2. The highest BCUT2D eigenvalue weighted by Gasteiger charge is 2.31. The van der Waals surface area contributed by atoms with Crippen LogP contribution in [0.1, 0.15) is 17.3 Å². The van der Waals surface area contributed by atoms with Crippen molar-refractivity contribution in [2.75, 3.05) is 11.9 Å². The van der Waals surface area contributed by atoms with Crippen molar-refractivity contribution in [2.24, 2.45) is 0 Å². The van der Waals surface area contributed by atoms with Crippen molar-refractivity contribution in [2.45, 2.75) is 13.3 Å². The van der Waals surface area contributed by atoms with E-state index in [-0.39, 0.29) is 29.3 Å². The smallest absolute Gasteiger partial charge is 0.487 e. The molecule has 0 heterocycles. The van der Waals surface area contributed by atoms with Crippen molar-refractivity contribution < 1.29 is 32.4 Å². The van der Waals surface area contributed by atoms with Gasteiger partial charge in [-0.1, -0.05) is 0 Å². The third-order valence-corrected chi connectivity index (χ3v) is 3.06. The average Bonchev–Trinajstić information content (AvgIpc) is 2.55. The first-order valence-electron chi connectivity index (χ1n) is 7.28. The third-order valence-electron chi connectivity index (χ3n) is 3.06. The van der Waals surface area contributed by atoms with Gasteiger partial charge in [-0.05, 0) is 43.3 Å². The second-order valence-corrected chi connectivity index (χ2v) is 4.90. The van der Waals surface area contributed by atoms with Crippen molar-refractivity contribution in [3.8, 4) is 11.5 Å². The summed E-state index contributed by atoms with van der Waals surface area (Å²) in [6, 6.07) is 8.18. The van der Waals surface area contributed by atoms with Gasteiger partial charge in [0.25, 0.3) is 5.91 Å². The van der Waals surface area contributed by atoms with Crippen molar-refractivity contribution in [1.29, 1.82) is 0 Å². The fourth-order valence-electron chi connectivity index (χ4n) is 2.02. The Kier molecular flexibility index (Phi) is 5.65. The number of anilines is 1. The SMILES string of the molecule is CCOc1ccc(C(=O)Nc2ccc(OC(F)(F)F)cc2)cc1[N+](=O)[O-]. The van der Waals surface area contributed by atoms with E-state index in [2.05, 4.69) is 10.1 Å². The van der Waals surface area contributed by atoms with E-state index >= 15 is 0 Å². The van der Waals surface area contributed by atoms with Crippen molar-refractivity contribution in [1.82, 2.24) is 0 Å². The van der Waals surface area contributed by atoms with Gasteiger partial charge in [-0.25, -0.2) is 0 Å². The topological polar surface area (TPSA) is 90.7 Å². The lowest BCUT2D eigenvalue weighted by atomic mass is 10.1. The van der Waals surface area contributed by atoms with Gasteiger partial charge in [0, 0.05) is 17.3 Å². The van der Waals surface area contributed by atoms with Crippen LogP contribution in [-0.4, -0.2) is 23.8 Å². The van der Waals surface area contributed by atoms with Crippen LogP contribution in [0.4, 0.5) is 24.5 Å². The average molecular weight is 370 g/mol. The Morgan fingerprint density at radius 1 is 1.19 bits per heavy atom. The number of rotatable bonds is 6. The first kappa shape index (κ1) is 19.0. The lowest BCUT2D eigenvalue weighted by Gasteiger charge is -2.10. The second kappa shape index (κ2) is 7.72. The first-order chi connectivity index (χ1) is 12.2. The molecular formula is C16H13F3N2O5. The molecule has 0 spiro atoms. The molecule has 10 heteroatoms. The molecule has 0 saturated heterocycles. The molecule has 0 radical (unpaired) electrons. The number of benzene rings is 2. The van der Waals surface area contributed by atoms with Gasteiger partial charge < -0.3 is 14.8 Å². The van der Waals surface area contributed by atoms with E-state index < -0.39 is 22.9 Å². The Hall–Kier alpha value is -3.30. The number of carbonyl (C=O) groups excluding carboxylic acids is 1. The van der Waals surface area contributed by atoms with Crippen molar-refractivity contribution >= 4 is 17.3 Å². The van der Waals surface area contributed by atoms with E-state index in [1.807, 2.05) is 0 Å². The number of amides is 1. The largest absolute Gasteiger partial charge is 0.573 e. The zero-order valence-corrected chi connectivity index (χ0v) is 13.4. The van der Waals surface area contributed by atoms with Gasteiger partial charge >= 0.3 is 12.0 Å². The maximum absolute atomic E-state index is 12.2. The van der Waals surface area contributed by atoms with Gasteiger partial charge in [0.05, 0.1) is 11.5 Å². The van der Waals surface area contributed by atoms with Crippen molar-refractivity contribution in [3.63, 3.8) is 0 Å². The molecule has 0 bridgehead atoms. The highest BCUT2D eigenvalue weighted by atomic mass is 19.4. The summed E-state index contributed by atoms with van der Waals surface area (Å²) < 4.78 is 45.2.